The number of hydrogen-bond donors (Lipinski definition) is 10. The lowest BCUT2D eigenvalue weighted by Gasteiger charge is -2.24. The third kappa shape index (κ3) is 97.7. The Kier molecular flexibility index (Phi) is 92.6. The van der Waals surface area contributed by atoms with Gasteiger partial charge in [0.2, 0.25) is 0 Å². The maximum absolute atomic E-state index is 10.3. The Hall–Kier alpha value is -3.40. The Morgan fingerprint density at radius 2 is 0.359 bits per heavy atom. The van der Waals surface area contributed by atoms with Crippen molar-refractivity contribution in [1.82, 2.24) is 0 Å². The molecule has 0 unspecified atom stereocenters. The van der Waals surface area contributed by atoms with E-state index in [4.69, 9.17) is 51.1 Å². The molecule has 0 aliphatic heterocycles. The van der Waals surface area contributed by atoms with E-state index < -0.39 is 61.5 Å². The molecule has 0 aliphatic rings. The summed E-state index contributed by atoms with van der Waals surface area (Å²) < 4.78 is 0. The molecule has 0 aliphatic carbocycles. The third-order valence-corrected chi connectivity index (χ3v) is 16.1. The van der Waals surface area contributed by atoms with Crippen molar-refractivity contribution in [1.29, 1.82) is 0 Å². The summed E-state index contributed by atoms with van der Waals surface area (Å²) in [7, 11) is 0. The predicted octanol–water partition coefficient (Wildman–Crippen LogP) is 20.8. The molecule has 92 heavy (non-hydrogen) atoms. The molecule has 0 saturated carbocycles. The molecule has 0 fully saturated rings. The summed E-state index contributed by atoms with van der Waals surface area (Å²) in [4.78, 5) is 41.3. The van der Waals surface area contributed by atoms with Crippen LogP contribution in [0.4, 0.5) is 0 Å². The molecule has 0 aromatic heterocycles. The van der Waals surface area contributed by atoms with Crippen molar-refractivity contribution in [3.63, 3.8) is 0 Å². The van der Waals surface area contributed by atoms with Crippen LogP contribution in [0.2, 0.25) is 0 Å². The first-order chi connectivity index (χ1) is 44.6. The Morgan fingerprint density at radius 3 is 0.489 bits per heavy atom. The van der Waals surface area contributed by atoms with Crippen molar-refractivity contribution in [3.05, 3.63) is 48.6 Å². The predicted molar refractivity (Wildman–Crippen MR) is 387 cm³/mol. The number of aliphatic hydroxyl groups is 6. The van der Waals surface area contributed by atoms with E-state index in [1.165, 1.54) is 283 Å². The molecule has 0 aromatic rings. The average Bonchev–Trinajstić information content (AvgIpc) is 3.04. The van der Waals surface area contributed by atoms with Crippen LogP contribution in [-0.4, -0.2) is 113 Å². The van der Waals surface area contributed by atoms with Gasteiger partial charge in [-0.2, -0.15) is 0 Å². The SMILES string of the molecule is CCCCCCCC/C=C\CCCCCCCC(=O)O.CCCCCCCC/C=C\CCCCCCCC(=O)O.CCCCCCCC/C=C\CCCCCCCC(=O)O.CCCCCCCC/C=C\CCCCCCCC(=O)O.OC[C@@H](O)[C@@H](O)[C@H](O)[C@@H](O)CO. The molecule has 4 atom stereocenters. The second-order valence-corrected chi connectivity index (χ2v) is 25.4. The molecule has 0 saturated heterocycles. The lowest BCUT2D eigenvalue weighted by atomic mass is 10.0. The lowest BCUT2D eigenvalue weighted by Crippen LogP contribution is -2.46. The zero-order valence-corrected chi connectivity index (χ0v) is 60.0. The Labute approximate surface area is 565 Å². The second-order valence-electron chi connectivity index (χ2n) is 25.4. The van der Waals surface area contributed by atoms with Gasteiger partial charge in [-0.3, -0.25) is 19.2 Å². The number of carboxylic acid groups (broad SMARTS) is 4. The minimum atomic E-state index is -1.67. The zero-order chi connectivity index (χ0) is 69.3. The summed E-state index contributed by atoms with van der Waals surface area (Å²) in [5.41, 5.74) is 0. The van der Waals surface area contributed by atoms with Crippen LogP contribution in [0.3, 0.4) is 0 Å². The Balaban J connectivity index is -0.000000346. The molecule has 14 nitrogen and oxygen atoms in total. The van der Waals surface area contributed by atoms with Crippen LogP contribution in [-0.2, 0) is 19.2 Å². The van der Waals surface area contributed by atoms with Crippen molar-refractivity contribution in [2.75, 3.05) is 13.2 Å². The number of carbonyl (C=O) groups is 4. The van der Waals surface area contributed by atoms with Gasteiger partial charge in [0.15, 0.2) is 0 Å². The topological polar surface area (TPSA) is 271 Å². The molecule has 10 N–H and O–H groups in total. The van der Waals surface area contributed by atoms with Crippen molar-refractivity contribution >= 4 is 23.9 Å². The molecule has 0 rings (SSSR count). The summed E-state index contributed by atoms with van der Waals surface area (Å²) in [6.45, 7) is 7.58. The van der Waals surface area contributed by atoms with Gasteiger partial charge < -0.3 is 51.1 Å². The fourth-order valence-corrected chi connectivity index (χ4v) is 10.1. The molecule has 0 bridgehead atoms. The lowest BCUT2D eigenvalue weighted by molar-refractivity contribution is -0.138. The van der Waals surface area contributed by atoms with Crippen LogP contribution >= 0.6 is 0 Å². The van der Waals surface area contributed by atoms with Gasteiger partial charge >= 0.3 is 23.9 Å². The highest BCUT2D eigenvalue weighted by atomic mass is 16.4. The quantitative estimate of drug-likeness (QED) is 0.0200. The van der Waals surface area contributed by atoms with Crippen LogP contribution in [0.15, 0.2) is 48.6 Å². The molecule has 0 radical (unpaired) electrons. The average molecular weight is 1310 g/mol. The monoisotopic (exact) mass is 1310 g/mol. The van der Waals surface area contributed by atoms with Crippen LogP contribution in [0.1, 0.15) is 387 Å². The van der Waals surface area contributed by atoms with Gasteiger partial charge in [0.05, 0.1) is 13.2 Å². The maximum atomic E-state index is 10.3. The van der Waals surface area contributed by atoms with E-state index in [9.17, 15) is 19.2 Å². The summed E-state index contributed by atoms with van der Waals surface area (Å²) in [6, 6.07) is 0. The van der Waals surface area contributed by atoms with Gasteiger partial charge in [0.1, 0.15) is 24.4 Å². The molecule has 546 valence electrons. The highest BCUT2D eigenvalue weighted by Crippen LogP contribution is 2.15. The highest BCUT2D eigenvalue weighted by Gasteiger charge is 2.29. The van der Waals surface area contributed by atoms with Crippen molar-refractivity contribution in [2.24, 2.45) is 0 Å². The molecule has 0 heterocycles. The second kappa shape index (κ2) is 87.6. The van der Waals surface area contributed by atoms with Gasteiger partial charge in [0.25, 0.3) is 0 Å². The molecule has 14 heteroatoms. The van der Waals surface area contributed by atoms with Crippen molar-refractivity contribution in [3.8, 4) is 0 Å². The van der Waals surface area contributed by atoms with Gasteiger partial charge in [-0.05, 0) is 128 Å². The first-order valence-corrected chi connectivity index (χ1v) is 38.0. The smallest absolute Gasteiger partial charge is 0.303 e. The van der Waals surface area contributed by atoms with E-state index in [1.807, 2.05) is 0 Å². The molecular weight excluding hydrogens is 1160 g/mol. The van der Waals surface area contributed by atoms with E-state index in [1.54, 1.807) is 0 Å². The first kappa shape index (κ1) is 97.3. The molecule has 0 amide bonds. The zero-order valence-electron chi connectivity index (χ0n) is 60.0. The number of aliphatic carboxylic acids is 4. The summed E-state index contributed by atoms with van der Waals surface area (Å²) >= 11 is 0. The van der Waals surface area contributed by atoms with Crippen molar-refractivity contribution < 1.29 is 70.2 Å². The van der Waals surface area contributed by atoms with E-state index in [0.717, 1.165) is 51.4 Å². The molecule has 0 aromatic carbocycles. The van der Waals surface area contributed by atoms with Crippen LogP contribution in [0.25, 0.3) is 0 Å². The summed E-state index contributed by atoms with van der Waals surface area (Å²) in [6.07, 6.45) is 78.6. The Morgan fingerprint density at radius 1 is 0.228 bits per heavy atom. The first-order valence-electron chi connectivity index (χ1n) is 38.0. The molecule has 0 spiro atoms. The van der Waals surface area contributed by atoms with Gasteiger partial charge in [-0.25, -0.2) is 0 Å². The van der Waals surface area contributed by atoms with E-state index in [0.29, 0.717) is 25.7 Å². The minimum absolute atomic E-state index is 0.332. The maximum Gasteiger partial charge on any atom is 0.303 e. The third-order valence-electron chi connectivity index (χ3n) is 16.1. The van der Waals surface area contributed by atoms with Gasteiger partial charge in [-0.1, -0.05) is 282 Å². The number of allylic oxidation sites excluding steroid dienone is 8. The standard InChI is InChI=1S/4C18H34O2.C6H14O6/c4*1-2-3-4-5-6-7-8-9-10-11-12-13-14-15-16-17-18(19)20;7-1-3(9)5(11)6(12)4(10)2-8/h4*9-10H,2-8,11-17H2,1H3,(H,19,20);3-12H,1-2H2/b4*10-9-;/t;;;;3-,4+,5-,6-/m....1/s1. The largest absolute Gasteiger partial charge is 0.481 e. The Bertz CT molecular complexity index is 1370. The van der Waals surface area contributed by atoms with E-state index in [-0.39, 0.29) is 0 Å². The fraction of sp³-hybridized carbons (Fsp3) is 0.846. The van der Waals surface area contributed by atoms with E-state index in [2.05, 4.69) is 76.3 Å². The summed E-state index contributed by atoms with van der Waals surface area (Å²) in [5.74, 6) is -2.66. The van der Waals surface area contributed by atoms with Crippen molar-refractivity contribution in [2.45, 2.75) is 412 Å². The van der Waals surface area contributed by atoms with Gasteiger partial charge in [0, 0.05) is 25.7 Å². The van der Waals surface area contributed by atoms with Gasteiger partial charge in [-0.15, -0.1) is 0 Å². The highest BCUT2D eigenvalue weighted by molar-refractivity contribution is 5.67. The number of aliphatic hydroxyl groups excluding tert-OH is 6. The number of carboxylic acids is 4. The van der Waals surface area contributed by atoms with Crippen LogP contribution in [0, 0.1) is 0 Å². The normalized spacial score (nSPS) is 12.6. The van der Waals surface area contributed by atoms with Crippen LogP contribution in [0.5, 0.6) is 0 Å². The number of rotatable bonds is 65. The molecular formula is C78H150O14. The summed E-state index contributed by atoms with van der Waals surface area (Å²) in [5, 5.41) is 86.2. The number of unbranched alkanes of at least 4 members (excludes halogenated alkanes) is 44. The fourth-order valence-electron chi connectivity index (χ4n) is 10.1. The minimum Gasteiger partial charge on any atom is -0.481 e. The van der Waals surface area contributed by atoms with E-state index >= 15 is 0 Å². The number of hydrogen-bond acceptors (Lipinski definition) is 10. The van der Waals surface area contributed by atoms with Crippen LogP contribution < -0.4 is 0 Å².